The number of alkyl carbamates (subject to hydrolysis) is 1. The van der Waals surface area contributed by atoms with Crippen molar-refractivity contribution in [1.29, 1.82) is 0 Å². The lowest BCUT2D eigenvalue weighted by molar-refractivity contribution is -0.139. The molecule has 154 valence electrons. The van der Waals surface area contributed by atoms with Gasteiger partial charge in [-0.3, -0.25) is 0 Å². The highest BCUT2D eigenvalue weighted by atomic mass is 16.5. The highest BCUT2D eigenvalue weighted by Gasteiger charge is 2.29. The molecular weight excluding hydrogens is 366 g/mol. The molecule has 0 saturated heterocycles. The predicted molar refractivity (Wildman–Crippen MR) is 113 cm³/mol. The minimum Gasteiger partial charge on any atom is -0.480 e. The summed E-state index contributed by atoms with van der Waals surface area (Å²) in [6.07, 6.45) is 1.32. The molecule has 1 aliphatic carbocycles. The molecule has 29 heavy (non-hydrogen) atoms. The lowest BCUT2D eigenvalue weighted by Gasteiger charge is -2.20. The molecule has 2 N–H and O–H groups in total. The Hall–Kier alpha value is -2.82. The molecule has 5 nitrogen and oxygen atoms in total. The van der Waals surface area contributed by atoms with Gasteiger partial charge in [-0.2, -0.15) is 0 Å². The van der Waals surface area contributed by atoms with Gasteiger partial charge in [0.15, 0.2) is 0 Å². The van der Waals surface area contributed by atoms with Crippen LogP contribution in [0.5, 0.6) is 0 Å². The molecule has 0 aromatic heterocycles. The smallest absolute Gasteiger partial charge is 0.407 e. The van der Waals surface area contributed by atoms with Crippen LogP contribution in [0.15, 0.2) is 48.5 Å². The maximum Gasteiger partial charge on any atom is 0.407 e. The molecule has 0 radical (unpaired) electrons. The first-order valence-electron chi connectivity index (χ1n) is 10.1. The van der Waals surface area contributed by atoms with Gasteiger partial charge < -0.3 is 15.2 Å². The van der Waals surface area contributed by atoms with Gasteiger partial charge in [-0.1, -0.05) is 75.7 Å². The minimum absolute atomic E-state index is 0.0441. The predicted octanol–water partition coefficient (Wildman–Crippen LogP) is 5.19. The lowest BCUT2D eigenvalue weighted by atomic mass is 9.89. The van der Waals surface area contributed by atoms with E-state index in [-0.39, 0.29) is 17.9 Å². The third kappa shape index (κ3) is 5.17. The summed E-state index contributed by atoms with van der Waals surface area (Å²) in [6.45, 7) is 6.51. The van der Waals surface area contributed by atoms with Gasteiger partial charge in [0.25, 0.3) is 0 Å². The summed E-state index contributed by atoms with van der Waals surface area (Å²) >= 11 is 0. The summed E-state index contributed by atoms with van der Waals surface area (Å²) in [7, 11) is 0. The molecule has 1 aliphatic rings. The van der Waals surface area contributed by atoms with Gasteiger partial charge in [0, 0.05) is 5.92 Å². The molecule has 1 atom stereocenters. The number of aliphatic carboxylic acids is 1. The van der Waals surface area contributed by atoms with E-state index in [0.29, 0.717) is 6.42 Å². The Morgan fingerprint density at radius 3 is 2.10 bits per heavy atom. The van der Waals surface area contributed by atoms with Crippen LogP contribution in [0.2, 0.25) is 0 Å². The second-order valence-electron chi connectivity index (χ2n) is 8.81. The van der Waals surface area contributed by atoms with Crippen molar-refractivity contribution in [2.75, 3.05) is 6.61 Å². The van der Waals surface area contributed by atoms with Gasteiger partial charge in [-0.05, 0) is 40.5 Å². The fraction of sp³-hybridized carbons (Fsp3) is 0.417. The molecule has 3 rings (SSSR count). The van der Waals surface area contributed by atoms with Gasteiger partial charge in [0.1, 0.15) is 12.6 Å². The van der Waals surface area contributed by atoms with Crippen molar-refractivity contribution in [2.24, 2.45) is 5.41 Å². The van der Waals surface area contributed by atoms with Crippen LogP contribution in [0.25, 0.3) is 11.1 Å². The standard InChI is InChI=1S/C24H29NO4/c1-24(2,3)14-8-13-21(22(26)27)25-23(28)29-15-20-18-11-6-4-9-16(18)17-10-5-7-12-19(17)20/h4-7,9-12,20-21H,8,13-15H2,1-3H3,(H,25,28)(H,26,27). The van der Waals surface area contributed by atoms with Crippen molar-refractivity contribution < 1.29 is 19.4 Å². The number of amides is 1. The first-order valence-corrected chi connectivity index (χ1v) is 10.1. The van der Waals surface area contributed by atoms with Gasteiger partial charge in [-0.25, -0.2) is 9.59 Å². The van der Waals surface area contributed by atoms with E-state index < -0.39 is 18.1 Å². The van der Waals surface area contributed by atoms with Crippen molar-refractivity contribution in [1.82, 2.24) is 5.32 Å². The fourth-order valence-electron chi connectivity index (χ4n) is 3.88. The minimum atomic E-state index is -1.03. The molecule has 1 amide bonds. The molecule has 0 aliphatic heterocycles. The zero-order valence-electron chi connectivity index (χ0n) is 17.3. The number of carbonyl (C=O) groups excluding carboxylic acids is 1. The molecule has 1 unspecified atom stereocenters. The molecule has 5 heteroatoms. The SMILES string of the molecule is CC(C)(C)CCCC(NC(=O)OCC1c2ccccc2-c2ccccc21)C(=O)O. The number of rotatable bonds is 7. The monoisotopic (exact) mass is 395 g/mol. The second kappa shape index (κ2) is 8.68. The van der Waals surface area contributed by atoms with E-state index in [2.05, 4.69) is 38.2 Å². The van der Waals surface area contributed by atoms with Crippen LogP contribution in [0.1, 0.15) is 57.1 Å². The summed E-state index contributed by atoms with van der Waals surface area (Å²) in [5.41, 5.74) is 4.70. The van der Waals surface area contributed by atoms with Crippen LogP contribution in [0, 0.1) is 5.41 Å². The molecule has 2 aromatic carbocycles. The maximum atomic E-state index is 12.3. The first kappa shape index (κ1) is 20.9. The number of hydrogen-bond acceptors (Lipinski definition) is 3. The van der Waals surface area contributed by atoms with Crippen LogP contribution < -0.4 is 5.32 Å². The van der Waals surface area contributed by atoms with Crippen LogP contribution in [-0.2, 0) is 9.53 Å². The summed E-state index contributed by atoms with van der Waals surface area (Å²) in [5, 5.41) is 11.9. The van der Waals surface area contributed by atoms with E-state index in [1.165, 1.54) is 0 Å². The number of nitrogens with one attached hydrogen (secondary N) is 1. The number of carboxylic acids is 1. The summed E-state index contributed by atoms with van der Waals surface area (Å²) in [5.74, 6) is -1.08. The maximum absolute atomic E-state index is 12.3. The number of fused-ring (bicyclic) bond motifs is 3. The van der Waals surface area contributed by atoms with E-state index in [1.54, 1.807) is 0 Å². The summed E-state index contributed by atoms with van der Waals surface area (Å²) in [4.78, 5) is 23.8. The van der Waals surface area contributed by atoms with Crippen molar-refractivity contribution in [3.8, 4) is 11.1 Å². The van der Waals surface area contributed by atoms with Crippen molar-refractivity contribution in [3.05, 3.63) is 59.7 Å². The molecule has 0 saturated carbocycles. The normalized spacial score (nSPS) is 14.0. The molecular formula is C24H29NO4. The van der Waals surface area contributed by atoms with Crippen LogP contribution in [0.4, 0.5) is 4.79 Å². The molecule has 0 bridgehead atoms. The Bertz CT molecular complexity index is 839. The van der Waals surface area contributed by atoms with Crippen LogP contribution >= 0.6 is 0 Å². The third-order valence-corrected chi connectivity index (χ3v) is 5.35. The average Bonchev–Trinajstić information content (AvgIpc) is 2.98. The van der Waals surface area contributed by atoms with Crippen LogP contribution in [0.3, 0.4) is 0 Å². The van der Waals surface area contributed by atoms with E-state index in [4.69, 9.17) is 4.74 Å². The van der Waals surface area contributed by atoms with Crippen LogP contribution in [-0.4, -0.2) is 29.8 Å². The Labute approximate surface area is 172 Å². The van der Waals surface area contributed by atoms with Crippen molar-refractivity contribution >= 4 is 12.1 Å². The molecule has 2 aromatic rings. The van der Waals surface area contributed by atoms with Gasteiger partial charge in [-0.15, -0.1) is 0 Å². The molecule has 0 spiro atoms. The first-order chi connectivity index (χ1) is 13.8. The van der Waals surface area contributed by atoms with E-state index in [0.717, 1.165) is 35.1 Å². The lowest BCUT2D eigenvalue weighted by Crippen LogP contribution is -2.41. The molecule has 0 heterocycles. The molecule has 0 fully saturated rings. The highest BCUT2D eigenvalue weighted by Crippen LogP contribution is 2.44. The van der Waals surface area contributed by atoms with E-state index in [9.17, 15) is 14.7 Å². The Morgan fingerprint density at radius 2 is 1.59 bits per heavy atom. The number of carbonyl (C=O) groups is 2. The Kier molecular flexibility index (Phi) is 6.26. The topological polar surface area (TPSA) is 75.6 Å². The van der Waals surface area contributed by atoms with Crippen molar-refractivity contribution in [3.63, 3.8) is 0 Å². The summed E-state index contributed by atoms with van der Waals surface area (Å²) < 4.78 is 5.45. The number of benzene rings is 2. The number of carboxylic acid groups (broad SMARTS) is 1. The highest BCUT2D eigenvalue weighted by molar-refractivity contribution is 5.81. The third-order valence-electron chi connectivity index (χ3n) is 5.35. The second-order valence-corrected chi connectivity index (χ2v) is 8.81. The zero-order chi connectivity index (χ0) is 21.0. The van der Waals surface area contributed by atoms with Gasteiger partial charge in [0.05, 0.1) is 0 Å². The van der Waals surface area contributed by atoms with Crippen molar-refractivity contribution in [2.45, 2.75) is 52.0 Å². The quantitative estimate of drug-likeness (QED) is 0.676. The van der Waals surface area contributed by atoms with Gasteiger partial charge in [0.2, 0.25) is 0 Å². The van der Waals surface area contributed by atoms with E-state index >= 15 is 0 Å². The van der Waals surface area contributed by atoms with E-state index in [1.807, 2.05) is 36.4 Å². The number of ether oxygens (including phenoxy) is 1. The average molecular weight is 395 g/mol. The zero-order valence-corrected chi connectivity index (χ0v) is 17.3. The Balaban J connectivity index is 1.61. The summed E-state index contributed by atoms with van der Waals surface area (Å²) in [6, 6.07) is 15.3. The fourth-order valence-corrected chi connectivity index (χ4v) is 3.88. The van der Waals surface area contributed by atoms with Gasteiger partial charge >= 0.3 is 12.1 Å². The largest absolute Gasteiger partial charge is 0.480 e. The Morgan fingerprint density at radius 1 is 1.03 bits per heavy atom. The number of hydrogen-bond donors (Lipinski definition) is 2.